The lowest BCUT2D eigenvalue weighted by Gasteiger charge is -2.21. The Labute approximate surface area is 149 Å². The highest BCUT2D eigenvalue weighted by molar-refractivity contribution is 7.18. The summed E-state index contributed by atoms with van der Waals surface area (Å²) in [6.45, 7) is 2.89. The molecule has 0 spiro atoms. The molecule has 2 aromatic heterocycles. The van der Waals surface area contributed by atoms with E-state index in [1.54, 1.807) is 28.7 Å². The summed E-state index contributed by atoms with van der Waals surface area (Å²) < 4.78 is 1.19. The fourth-order valence-electron chi connectivity index (χ4n) is 3.11. The van der Waals surface area contributed by atoms with E-state index in [1.807, 2.05) is 29.2 Å². The van der Waals surface area contributed by atoms with Gasteiger partial charge in [-0.25, -0.2) is 4.98 Å². The molecule has 1 fully saturated rings. The van der Waals surface area contributed by atoms with Crippen LogP contribution in [0.1, 0.15) is 33.6 Å². The SMILES string of the molecule is Cc1ccc(C=CC(=O)N2CCCC2c2nc3ccccc3s2)s1. The number of para-hydroxylation sites is 1. The van der Waals surface area contributed by atoms with Crippen LogP contribution in [-0.4, -0.2) is 22.3 Å². The van der Waals surface area contributed by atoms with Crippen LogP contribution in [0.3, 0.4) is 0 Å². The average molecular weight is 354 g/mol. The van der Waals surface area contributed by atoms with E-state index in [9.17, 15) is 4.79 Å². The number of carbonyl (C=O) groups is 1. The predicted molar refractivity (Wildman–Crippen MR) is 101 cm³/mol. The fraction of sp³-hybridized carbons (Fsp3) is 0.263. The van der Waals surface area contributed by atoms with Crippen molar-refractivity contribution in [2.24, 2.45) is 0 Å². The molecule has 3 aromatic rings. The van der Waals surface area contributed by atoms with Gasteiger partial charge in [0.05, 0.1) is 16.3 Å². The van der Waals surface area contributed by atoms with Gasteiger partial charge in [-0.05, 0) is 50.1 Å². The summed E-state index contributed by atoms with van der Waals surface area (Å²) in [5.41, 5.74) is 1.03. The highest BCUT2D eigenvalue weighted by Crippen LogP contribution is 2.36. The van der Waals surface area contributed by atoms with Crippen molar-refractivity contribution < 1.29 is 4.79 Å². The molecular weight excluding hydrogens is 336 g/mol. The van der Waals surface area contributed by atoms with Gasteiger partial charge in [0.2, 0.25) is 5.91 Å². The van der Waals surface area contributed by atoms with Crippen LogP contribution in [0.4, 0.5) is 0 Å². The van der Waals surface area contributed by atoms with Crippen LogP contribution in [0.5, 0.6) is 0 Å². The molecule has 3 nitrogen and oxygen atoms in total. The lowest BCUT2D eigenvalue weighted by atomic mass is 10.2. The smallest absolute Gasteiger partial charge is 0.247 e. The first-order chi connectivity index (χ1) is 11.7. The first-order valence-electron chi connectivity index (χ1n) is 8.11. The maximum absolute atomic E-state index is 12.6. The van der Waals surface area contributed by atoms with Gasteiger partial charge in [-0.15, -0.1) is 22.7 Å². The van der Waals surface area contributed by atoms with E-state index in [-0.39, 0.29) is 11.9 Å². The predicted octanol–water partition coefficient (Wildman–Crippen LogP) is 5.04. The van der Waals surface area contributed by atoms with Crippen LogP contribution in [-0.2, 0) is 4.79 Å². The number of hydrogen-bond donors (Lipinski definition) is 0. The van der Waals surface area contributed by atoms with E-state index >= 15 is 0 Å². The number of fused-ring (bicyclic) bond motifs is 1. The van der Waals surface area contributed by atoms with Crippen LogP contribution in [0.15, 0.2) is 42.5 Å². The number of thiazole rings is 1. The summed E-state index contributed by atoms with van der Waals surface area (Å²) in [5.74, 6) is 0.0859. The number of hydrogen-bond acceptors (Lipinski definition) is 4. The van der Waals surface area contributed by atoms with E-state index in [0.717, 1.165) is 34.8 Å². The quantitative estimate of drug-likeness (QED) is 0.617. The van der Waals surface area contributed by atoms with Gasteiger partial charge in [0.25, 0.3) is 0 Å². The third-order valence-electron chi connectivity index (χ3n) is 4.28. The normalized spacial score (nSPS) is 18.0. The summed E-state index contributed by atoms with van der Waals surface area (Å²) in [6, 6.07) is 12.4. The second-order valence-corrected chi connectivity index (χ2v) is 8.37. The van der Waals surface area contributed by atoms with E-state index in [4.69, 9.17) is 4.98 Å². The lowest BCUT2D eigenvalue weighted by Crippen LogP contribution is -2.28. The minimum atomic E-state index is 0.0859. The summed E-state index contributed by atoms with van der Waals surface area (Å²) in [4.78, 5) is 21.7. The molecule has 1 atom stereocenters. The Morgan fingerprint density at radius 2 is 2.12 bits per heavy atom. The van der Waals surface area contributed by atoms with Gasteiger partial charge in [-0.2, -0.15) is 0 Å². The number of thiophene rings is 1. The van der Waals surface area contributed by atoms with Gasteiger partial charge in [0.15, 0.2) is 0 Å². The Bertz CT molecular complexity index is 876. The van der Waals surface area contributed by atoms with Gasteiger partial charge in [0, 0.05) is 22.4 Å². The molecule has 122 valence electrons. The second kappa shape index (κ2) is 6.49. The number of amides is 1. The number of rotatable bonds is 3. The molecule has 24 heavy (non-hydrogen) atoms. The molecule has 0 radical (unpaired) electrons. The first kappa shape index (κ1) is 15.5. The van der Waals surface area contributed by atoms with Crippen molar-refractivity contribution in [3.63, 3.8) is 0 Å². The Morgan fingerprint density at radius 3 is 2.92 bits per heavy atom. The minimum absolute atomic E-state index is 0.0859. The van der Waals surface area contributed by atoms with Crippen molar-refractivity contribution in [1.29, 1.82) is 0 Å². The van der Waals surface area contributed by atoms with Crippen LogP contribution < -0.4 is 0 Å². The number of benzene rings is 1. The lowest BCUT2D eigenvalue weighted by molar-refractivity contribution is -0.126. The molecule has 1 aromatic carbocycles. The minimum Gasteiger partial charge on any atom is -0.330 e. The van der Waals surface area contributed by atoms with Gasteiger partial charge >= 0.3 is 0 Å². The molecule has 5 heteroatoms. The molecular formula is C19H18N2OS2. The fourth-order valence-corrected chi connectivity index (χ4v) is 5.01. The second-order valence-electron chi connectivity index (χ2n) is 5.99. The molecule has 1 amide bonds. The van der Waals surface area contributed by atoms with Crippen molar-refractivity contribution in [3.05, 3.63) is 57.2 Å². The summed E-state index contributed by atoms with van der Waals surface area (Å²) in [5, 5.41) is 1.06. The molecule has 1 aliphatic heterocycles. The first-order valence-corrected chi connectivity index (χ1v) is 9.74. The van der Waals surface area contributed by atoms with E-state index in [0.29, 0.717) is 0 Å². The average Bonchev–Trinajstić information content (AvgIpc) is 3.30. The molecule has 4 rings (SSSR count). The molecule has 3 heterocycles. The monoisotopic (exact) mass is 354 g/mol. The van der Waals surface area contributed by atoms with Crippen LogP contribution in [0, 0.1) is 6.92 Å². The van der Waals surface area contributed by atoms with Gasteiger partial charge < -0.3 is 4.90 Å². The van der Waals surface area contributed by atoms with Crippen molar-refractivity contribution in [1.82, 2.24) is 9.88 Å². The molecule has 0 aliphatic carbocycles. The van der Waals surface area contributed by atoms with Crippen molar-refractivity contribution >= 4 is 44.9 Å². The van der Waals surface area contributed by atoms with Gasteiger partial charge in [0.1, 0.15) is 5.01 Å². The van der Waals surface area contributed by atoms with Gasteiger partial charge in [-0.3, -0.25) is 4.79 Å². The van der Waals surface area contributed by atoms with E-state index in [2.05, 4.69) is 25.1 Å². The summed E-state index contributed by atoms with van der Waals surface area (Å²) >= 11 is 3.41. The molecule has 0 N–H and O–H groups in total. The molecule has 1 unspecified atom stereocenters. The standard InChI is InChI=1S/C19H18N2OS2/c1-13-8-9-14(23-13)10-11-18(22)21-12-4-6-16(21)19-20-15-5-2-3-7-17(15)24-19/h2-3,5,7-11,16H,4,6,12H2,1H3. The highest BCUT2D eigenvalue weighted by atomic mass is 32.1. The highest BCUT2D eigenvalue weighted by Gasteiger charge is 2.31. The summed E-state index contributed by atoms with van der Waals surface area (Å²) in [7, 11) is 0. The zero-order valence-electron chi connectivity index (χ0n) is 13.4. The van der Waals surface area contributed by atoms with Crippen LogP contribution in [0.25, 0.3) is 16.3 Å². The van der Waals surface area contributed by atoms with Crippen molar-refractivity contribution in [2.45, 2.75) is 25.8 Å². The third kappa shape index (κ3) is 3.01. The topological polar surface area (TPSA) is 33.2 Å². The molecule has 0 saturated carbocycles. The van der Waals surface area contributed by atoms with Gasteiger partial charge in [-0.1, -0.05) is 12.1 Å². The maximum atomic E-state index is 12.6. The van der Waals surface area contributed by atoms with Crippen LogP contribution in [0.2, 0.25) is 0 Å². The van der Waals surface area contributed by atoms with Crippen molar-refractivity contribution in [3.8, 4) is 0 Å². The number of carbonyl (C=O) groups excluding carboxylic acids is 1. The number of likely N-dealkylation sites (tertiary alicyclic amines) is 1. The van der Waals surface area contributed by atoms with Crippen molar-refractivity contribution in [2.75, 3.05) is 6.54 Å². The molecule has 0 bridgehead atoms. The molecule has 1 aliphatic rings. The largest absolute Gasteiger partial charge is 0.330 e. The third-order valence-corrected chi connectivity index (χ3v) is 6.39. The van der Waals surface area contributed by atoms with E-state index in [1.165, 1.54) is 9.58 Å². The van der Waals surface area contributed by atoms with E-state index < -0.39 is 0 Å². The maximum Gasteiger partial charge on any atom is 0.247 e. The Balaban J connectivity index is 1.55. The zero-order valence-corrected chi connectivity index (χ0v) is 15.1. The zero-order chi connectivity index (χ0) is 16.5. The summed E-state index contributed by atoms with van der Waals surface area (Å²) in [6.07, 6.45) is 5.67. The Hall–Kier alpha value is -1.98. The number of aryl methyl sites for hydroxylation is 1. The number of nitrogens with zero attached hydrogens (tertiary/aromatic N) is 2. The number of aromatic nitrogens is 1. The molecule has 1 saturated heterocycles. The van der Waals surface area contributed by atoms with Crippen LogP contribution >= 0.6 is 22.7 Å². The Kier molecular flexibility index (Phi) is 4.21. The Morgan fingerprint density at radius 1 is 1.25 bits per heavy atom.